The maximum absolute atomic E-state index is 13.7. The number of aliphatic carboxylic acids is 1. The van der Waals surface area contributed by atoms with E-state index in [0.29, 0.717) is 17.0 Å². The maximum atomic E-state index is 13.7. The molecule has 3 rings (SSSR count). The van der Waals surface area contributed by atoms with Gasteiger partial charge >= 0.3 is 5.97 Å². The molecule has 1 saturated carbocycles. The van der Waals surface area contributed by atoms with E-state index in [1.807, 2.05) is 0 Å². The highest BCUT2D eigenvalue weighted by molar-refractivity contribution is 5.78. The van der Waals surface area contributed by atoms with Crippen LogP contribution in [0.25, 0.3) is 11.4 Å². The molecule has 1 heterocycles. The summed E-state index contributed by atoms with van der Waals surface area (Å²) in [6.07, 6.45) is 2.22. The number of hydrogen-bond acceptors (Lipinski definition) is 5. The fraction of sp³-hybridized carbons (Fsp3) is 0.474. The quantitative estimate of drug-likeness (QED) is 0.762. The molecule has 1 aromatic carbocycles. The average molecular weight is 375 g/mol. The lowest BCUT2D eigenvalue weighted by Crippen LogP contribution is -2.38. The van der Waals surface area contributed by atoms with E-state index in [1.165, 1.54) is 6.07 Å². The first-order chi connectivity index (χ1) is 12.8. The van der Waals surface area contributed by atoms with E-state index in [4.69, 9.17) is 9.63 Å². The molecule has 1 N–H and O–H groups in total. The van der Waals surface area contributed by atoms with Crippen molar-refractivity contribution in [2.75, 3.05) is 6.54 Å². The van der Waals surface area contributed by atoms with Crippen LogP contribution in [0, 0.1) is 18.7 Å². The van der Waals surface area contributed by atoms with Gasteiger partial charge in [0.1, 0.15) is 5.82 Å². The summed E-state index contributed by atoms with van der Waals surface area (Å²) in [6.45, 7) is 3.47. The normalized spacial score (nSPS) is 14.8. The molecule has 0 bridgehead atoms. The number of aryl methyl sites for hydroxylation is 2. The smallest absolute Gasteiger partial charge is 0.308 e. The van der Waals surface area contributed by atoms with Crippen molar-refractivity contribution >= 4 is 11.9 Å². The van der Waals surface area contributed by atoms with Crippen LogP contribution >= 0.6 is 0 Å². The summed E-state index contributed by atoms with van der Waals surface area (Å²) in [5, 5.41) is 12.9. The number of benzene rings is 1. The molecule has 1 unspecified atom stereocenters. The van der Waals surface area contributed by atoms with Crippen molar-refractivity contribution in [1.82, 2.24) is 15.0 Å². The van der Waals surface area contributed by atoms with Gasteiger partial charge in [0.2, 0.25) is 17.6 Å². The maximum Gasteiger partial charge on any atom is 0.308 e. The summed E-state index contributed by atoms with van der Waals surface area (Å²) in [4.78, 5) is 29.4. The van der Waals surface area contributed by atoms with Gasteiger partial charge in [0, 0.05) is 31.0 Å². The average Bonchev–Trinajstić information content (AvgIpc) is 3.36. The second kappa shape index (κ2) is 7.85. The Morgan fingerprint density at radius 3 is 2.78 bits per heavy atom. The molecule has 1 aromatic heterocycles. The monoisotopic (exact) mass is 375 g/mol. The van der Waals surface area contributed by atoms with E-state index in [1.54, 1.807) is 30.9 Å². The van der Waals surface area contributed by atoms with E-state index in [9.17, 15) is 14.0 Å². The Labute approximate surface area is 156 Å². The molecule has 1 aliphatic rings. The Hall–Kier alpha value is -2.77. The van der Waals surface area contributed by atoms with E-state index in [2.05, 4.69) is 10.1 Å². The highest BCUT2D eigenvalue weighted by Crippen LogP contribution is 2.28. The Bertz CT molecular complexity index is 847. The molecule has 1 amide bonds. The Balaban J connectivity index is 1.60. The van der Waals surface area contributed by atoms with Crippen LogP contribution < -0.4 is 0 Å². The van der Waals surface area contributed by atoms with Gasteiger partial charge in [0.15, 0.2) is 0 Å². The largest absolute Gasteiger partial charge is 0.481 e. The lowest BCUT2D eigenvalue weighted by atomic mass is 10.1. The van der Waals surface area contributed by atoms with Crippen molar-refractivity contribution in [3.63, 3.8) is 0 Å². The van der Waals surface area contributed by atoms with Crippen molar-refractivity contribution in [1.29, 1.82) is 0 Å². The summed E-state index contributed by atoms with van der Waals surface area (Å²) in [6, 6.07) is 4.83. The molecule has 1 atom stereocenters. The molecule has 1 fully saturated rings. The van der Waals surface area contributed by atoms with Gasteiger partial charge in [-0.2, -0.15) is 4.98 Å². The Morgan fingerprint density at radius 2 is 2.15 bits per heavy atom. The van der Waals surface area contributed by atoms with Crippen LogP contribution in [0.5, 0.6) is 0 Å². The summed E-state index contributed by atoms with van der Waals surface area (Å²) >= 11 is 0. The predicted octanol–water partition coefficient (Wildman–Crippen LogP) is 2.83. The third-order valence-electron chi connectivity index (χ3n) is 4.65. The lowest BCUT2D eigenvalue weighted by Gasteiger charge is -2.24. The molecular formula is C19H22FN3O4. The third kappa shape index (κ3) is 4.69. The number of nitrogens with zero attached hydrogens (tertiary/aromatic N) is 3. The van der Waals surface area contributed by atoms with Gasteiger partial charge in [-0.3, -0.25) is 9.59 Å². The van der Waals surface area contributed by atoms with Crippen LogP contribution in [0.15, 0.2) is 22.7 Å². The van der Waals surface area contributed by atoms with Gasteiger partial charge in [-0.15, -0.1) is 0 Å². The highest BCUT2D eigenvalue weighted by atomic mass is 19.1. The standard InChI is InChI=1S/C19H22FN3O4/c1-11-3-4-13(9-15(11)20)18-21-16(27-22-18)7-8-17(24)23(14-5-6-14)10-12(2)19(25)26/h3-4,9,12,14H,5-8,10H2,1-2H3,(H,25,26). The van der Waals surface area contributed by atoms with Crippen molar-refractivity contribution in [2.24, 2.45) is 5.92 Å². The van der Waals surface area contributed by atoms with Gasteiger partial charge < -0.3 is 14.5 Å². The van der Waals surface area contributed by atoms with Crippen molar-refractivity contribution in [3.8, 4) is 11.4 Å². The SMILES string of the molecule is Cc1ccc(-c2noc(CCC(=O)N(CC(C)C(=O)O)C3CC3)n2)cc1F. The lowest BCUT2D eigenvalue weighted by molar-refractivity contribution is -0.143. The number of amides is 1. The molecule has 0 aliphatic heterocycles. The van der Waals surface area contributed by atoms with Gasteiger partial charge in [-0.05, 0) is 31.4 Å². The minimum Gasteiger partial charge on any atom is -0.481 e. The Morgan fingerprint density at radius 1 is 1.41 bits per heavy atom. The van der Waals surface area contributed by atoms with Gasteiger partial charge in [0.25, 0.3) is 0 Å². The number of rotatable bonds is 8. The van der Waals surface area contributed by atoms with Crippen LogP contribution in [-0.2, 0) is 16.0 Å². The summed E-state index contributed by atoms with van der Waals surface area (Å²) in [7, 11) is 0. The number of halogens is 1. The number of carbonyl (C=O) groups is 2. The summed E-state index contributed by atoms with van der Waals surface area (Å²) in [5.41, 5.74) is 1.04. The topological polar surface area (TPSA) is 96.5 Å². The zero-order chi connectivity index (χ0) is 19.6. The van der Waals surface area contributed by atoms with Gasteiger partial charge in [-0.1, -0.05) is 24.2 Å². The zero-order valence-electron chi connectivity index (χ0n) is 15.3. The molecule has 0 radical (unpaired) electrons. The number of carboxylic acid groups (broad SMARTS) is 1. The first-order valence-electron chi connectivity index (χ1n) is 8.96. The van der Waals surface area contributed by atoms with Crippen LogP contribution in [-0.4, -0.2) is 44.6 Å². The molecule has 8 heteroatoms. The van der Waals surface area contributed by atoms with E-state index in [0.717, 1.165) is 12.8 Å². The number of carboxylic acids is 1. The summed E-state index contributed by atoms with van der Waals surface area (Å²) < 4.78 is 18.8. The number of aromatic nitrogens is 2. The molecule has 144 valence electrons. The molecule has 27 heavy (non-hydrogen) atoms. The fourth-order valence-corrected chi connectivity index (χ4v) is 2.78. The van der Waals surface area contributed by atoms with Crippen LogP contribution in [0.4, 0.5) is 4.39 Å². The molecule has 2 aromatic rings. The third-order valence-corrected chi connectivity index (χ3v) is 4.65. The predicted molar refractivity (Wildman–Crippen MR) is 94.3 cm³/mol. The van der Waals surface area contributed by atoms with Gasteiger partial charge in [0.05, 0.1) is 5.92 Å². The van der Waals surface area contributed by atoms with E-state index in [-0.39, 0.29) is 43.0 Å². The highest BCUT2D eigenvalue weighted by Gasteiger charge is 2.34. The first kappa shape index (κ1) is 19.0. The van der Waals surface area contributed by atoms with Crippen molar-refractivity contribution < 1.29 is 23.6 Å². The molecule has 7 nitrogen and oxygen atoms in total. The molecule has 0 spiro atoms. The number of carbonyl (C=O) groups excluding carboxylic acids is 1. The van der Waals surface area contributed by atoms with Crippen LogP contribution in [0.2, 0.25) is 0 Å². The molecule has 1 aliphatic carbocycles. The number of hydrogen-bond donors (Lipinski definition) is 1. The second-order valence-corrected chi connectivity index (χ2v) is 6.99. The second-order valence-electron chi connectivity index (χ2n) is 6.99. The fourth-order valence-electron chi connectivity index (χ4n) is 2.78. The Kier molecular flexibility index (Phi) is 5.53. The zero-order valence-corrected chi connectivity index (χ0v) is 15.3. The summed E-state index contributed by atoms with van der Waals surface area (Å²) in [5.74, 6) is -1.43. The van der Waals surface area contributed by atoms with Gasteiger partial charge in [-0.25, -0.2) is 4.39 Å². The minimum absolute atomic E-state index is 0.119. The van der Waals surface area contributed by atoms with Crippen molar-refractivity contribution in [2.45, 2.75) is 45.6 Å². The molecular weight excluding hydrogens is 353 g/mol. The van der Waals surface area contributed by atoms with E-state index < -0.39 is 11.9 Å². The minimum atomic E-state index is -0.916. The van der Waals surface area contributed by atoms with Crippen LogP contribution in [0.1, 0.15) is 37.6 Å². The van der Waals surface area contributed by atoms with Crippen molar-refractivity contribution in [3.05, 3.63) is 35.5 Å². The molecule has 0 saturated heterocycles. The van der Waals surface area contributed by atoms with E-state index >= 15 is 0 Å². The first-order valence-corrected chi connectivity index (χ1v) is 8.96. The van der Waals surface area contributed by atoms with Crippen LogP contribution in [0.3, 0.4) is 0 Å².